The molecule has 9 aromatic rings. The molecule has 234 valence electrons. The van der Waals surface area contributed by atoms with Crippen molar-refractivity contribution in [3.05, 3.63) is 133 Å². The molecule has 5 nitrogen and oxygen atoms in total. The van der Waals surface area contributed by atoms with Crippen LogP contribution in [0.25, 0.3) is 72.4 Å². The van der Waals surface area contributed by atoms with Gasteiger partial charge in [0.15, 0.2) is 11.6 Å². The van der Waals surface area contributed by atoms with Gasteiger partial charge in [0.05, 0.1) is 22.4 Å². The molecule has 1 aliphatic heterocycles. The first-order valence-corrected chi connectivity index (χ1v) is 17.2. The van der Waals surface area contributed by atoms with Gasteiger partial charge >= 0.3 is 0 Å². The summed E-state index contributed by atoms with van der Waals surface area (Å²) in [4.78, 5) is 17.3. The second-order valence-electron chi connectivity index (χ2n) is 13.2. The molecule has 0 fully saturated rings. The lowest BCUT2D eigenvalue weighted by Crippen LogP contribution is -2.55. The summed E-state index contributed by atoms with van der Waals surface area (Å²) in [6, 6.07) is 45.9. The third kappa shape index (κ3) is 4.68. The second-order valence-corrected chi connectivity index (χ2v) is 13.2. The van der Waals surface area contributed by atoms with Crippen LogP contribution in [-0.2, 0) is 0 Å². The van der Waals surface area contributed by atoms with Gasteiger partial charge in [0.1, 0.15) is 39.2 Å². The summed E-state index contributed by atoms with van der Waals surface area (Å²) in [6.45, 7) is 0. The number of benzene rings is 7. The molecule has 2 aromatic heterocycles. The Bertz CT molecular complexity index is 2890. The Morgan fingerprint density at radius 2 is 0.981 bits per heavy atom. The van der Waals surface area contributed by atoms with Gasteiger partial charge in [0, 0.05) is 38.5 Å². The summed E-state index contributed by atoms with van der Waals surface area (Å²) in [5.41, 5.74) is 9.19. The Morgan fingerprint density at radius 3 is 1.68 bits per heavy atom. The molecule has 7 aromatic carbocycles. The molecule has 0 N–H and O–H groups in total. The smallest absolute Gasteiger partial charge is 0.238 e. The van der Waals surface area contributed by atoms with Crippen molar-refractivity contribution in [3.63, 3.8) is 0 Å². The number of fused-ring (bicyclic) bond motifs is 5. The first-order valence-electron chi connectivity index (χ1n) is 17.2. The van der Waals surface area contributed by atoms with Crippen LogP contribution in [0.2, 0.25) is 0 Å². The monoisotopic (exact) mass is 663 g/mol. The number of anilines is 3. The third-order valence-corrected chi connectivity index (χ3v) is 10.3. The molecule has 0 spiro atoms. The molecule has 0 saturated heterocycles. The van der Waals surface area contributed by atoms with E-state index in [1.165, 1.54) is 21.9 Å². The maximum atomic E-state index is 6.58. The number of para-hydroxylation sites is 3. The zero-order valence-corrected chi connectivity index (χ0v) is 28.3. The summed E-state index contributed by atoms with van der Waals surface area (Å²) < 4.78 is 2.02. The largest absolute Gasteiger partial charge is 0.309 e. The molecule has 0 saturated carbocycles. The number of hydrogen-bond donors (Lipinski definition) is 0. The fourth-order valence-electron chi connectivity index (χ4n) is 7.73. The predicted octanol–water partition coefficient (Wildman–Crippen LogP) is 4.88. The van der Waals surface area contributed by atoms with E-state index >= 15 is 0 Å². The highest BCUT2D eigenvalue weighted by Crippen LogP contribution is 2.50. The molecule has 53 heavy (non-hydrogen) atoms. The van der Waals surface area contributed by atoms with Crippen molar-refractivity contribution in [2.75, 3.05) is 4.90 Å². The molecule has 0 unspecified atom stereocenters. The standard InChI is InChI=1S/C43H22B5N5/c44-36-35(37(45)39(47)40(48)38(36)46)42-49-41(50-43(51-42)53-31-16-5-1-11-26(31)27-12-2-6-17-32(27)53)24-19-21-25(22-20-24)52-30-15-4-3-13-28(30)29-14-7-9-23-10-8-18-33(52)34(23)29/h1-22H. The Morgan fingerprint density at radius 1 is 0.434 bits per heavy atom. The molecular weight excluding hydrogens is 641 g/mol. The minimum Gasteiger partial charge on any atom is -0.309 e. The fourth-order valence-corrected chi connectivity index (χ4v) is 7.73. The molecule has 0 aliphatic carbocycles. The maximum absolute atomic E-state index is 6.58. The van der Waals surface area contributed by atoms with Crippen molar-refractivity contribution in [2.45, 2.75) is 0 Å². The summed E-state index contributed by atoms with van der Waals surface area (Å²) in [5, 5.41) is 4.53. The number of rotatable bonds is 4. The van der Waals surface area contributed by atoms with Crippen molar-refractivity contribution in [2.24, 2.45) is 0 Å². The van der Waals surface area contributed by atoms with Crippen LogP contribution >= 0.6 is 0 Å². The van der Waals surface area contributed by atoms with E-state index in [9.17, 15) is 0 Å². The number of nitrogens with zero attached hydrogens (tertiary/aromatic N) is 5. The van der Waals surface area contributed by atoms with Gasteiger partial charge in [-0.25, -0.2) is 4.98 Å². The lowest BCUT2D eigenvalue weighted by molar-refractivity contribution is 0.955. The van der Waals surface area contributed by atoms with Gasteiger partial charge in [0.2, 0.25) is 5.95 Å². The van der Waals surface area contributed by atoms with E-state index in [0.29, 0.717) is 17.3 Å². The Kier molecular flexibility index (Phi) is 7.06. The molecule has 1 aliphatic rings. The van der Waals surface area contributed by atoms with E-state index in [1.807, 2.05) is 53.1 Å². The molecule has 0 amide bonds. The summed E-state index contributed by atoms with van der Waals surface area (Å²) in [5.74, 6) is 1.02. The normalized spacial score (nSPS) is 12.1. The second kappa shape index (κ2) is 11.9. The van der Waals surface area contributed by atoms with Gasteiger partial charge in [-0.2, -0.15) is 9.97 Å². The fraction of sp³-hybridized carbons (Fsp3) is 0. The zero-order chi connectivity index (χ0) is 36.0. The van der Waals surface area contributed by atoms with E-state index < -0.39 is 0 Å². The quantitative estimate of drug-likeness (QED) is 0.253. The van der Waals surface area contributed by atoms with Crippen LogP contribution in [0.5, 0.6) is 0 Å². The SMILES string of the molecule is [B]c1c([B])c([B])c(-c2nc(-c3ccc(N4c5ccccc5-c5cccc6cccc4c56)cc3)nc(-n3c4ccccc4c4ccccc43)n2)c([B])c1[B]. The van der Waals surface area contributed by atoms with Crippen molar-refractivity contribution in [1.82, 2.24) is 19.5 Å². The lowest BCUT2D eigenvalue weighted by Gasteiger charge is -2.33. The van der Waals surface area contributed by atoms with Gasteiger partial charge in [-0.1, -0.05) is 95.9 Å². The highest BCUT2D eigenvalue weighted by atomic mass is 15.2. The minimum absolute atomic E-state index is 0.119. The first-order chi connectivity index (χ1) is 25.9. The van der Waals surface area contributed by atoms with Gasteiger partial charge < -0.3 is 4.90 Å². The van der Waals surface area contributed by atoms with Crippen molar-refractivity contribution in [1.29, 1.82) is 0 Å². The van der Waals surface area contributed by atoms with Crippen LogP contribution in [0.15, 0.2) is 133 Å². The molecule has 10 heteroatoms. The molecule has 0 atom stereocenters. The molecule has 3 heterocycles. The van der Waals surface area contributed by atoms with Gasteiger partial charge in [0.25, 0.3) is 0 Å². The summed E-state index contributed by atoms with van der Waals surface area (Å²) in [6.07, 6.45) is 0. The van der Waals surface area contributed by atoms with Crippen LogP contribution in [0.1, 0.15) is 0 Å². The highest BCUT2D eigenvalue weighted by Gasteiger charge is 2.26. The lowest BCUT2D eigenvalue weighted by atomic mass is 9.60. The summed E-state index contributed by atoms with van der Waals surface area (Å²) in [7, 11) is 32.0. The van der Waals surface area contributed by atoms with Crippen molar-refractivity contribution >= 4 is 116 Å². The van der Waals surface area contributed by atoms with Crippen LogP contribution in [0.3, 0.4) is 0 Å². The minimum atomic E-state index is 0.119. The first kappa shape index (κ1) is 31.5. The van der Waals surface area contributed by atoms with E-state index in [-0.39, 0.29) is 33.1 Å². The predicted molar refractivity (Wildman–Crippen MR) is 223 cm³/mol. The average Bonchev–Trinajstić information content (AvgIpc) is 3.54. The van der Waals surface area contributed by atoms with Crippen LogP contribution in [0, 0.1) is 0 Å². The van der Waals surface area contributed by atoms with E-state index in [2.05, 4.69) is 89.8 Å². The van der Waals surface area contributed by atoms with Crippen LogP contribution in [-0.4, -0.2) is 58.8 Å². The topological polar surface area (TPSA) is 46.8 Å². The number of hydrogen-bond acceptors (Lipinski definition) is 4. The van der Waals surface area contributed by atoms with Crippen molar-refractivity contribution < 1.29 is 0 Å². The molecular formula is C43H22B5N5. The Hall–Kier alpha value is -6.27. The Labute approximate surface area is 312 Å². The third-order valence-electron chi connectivity index (χ3n) is 10.3. The van der Waals surface area contributed by atoms with Crippen LogP contribution < -0.4 is 32.2 Å². The van der Waals surface area contributed by atoms with Crippen LogP contribution in [0.4, 0.5) is 17.1 Å². The van der Waals surface area contributed by atoms with Gasteiger partial charge in [-0.3, -0.25) is 4.57 Å². The zero-order valence-electron chi connectivity index (χ0n) is 28.3. The average molecular weight is 663 g/mol. The summed E-state index contributed by atoms with van der Waals surface area (Å²) >= 11 is 0. The molecule has 0 bridgehead atoms. The highest BCUT2D eigenvalue weighted by molar-refractivity contribution is 6.68. The molecule has 10 rings (SSSR count). The molecule has 10 radical (unpaired) electrons. The van der Waals surface area contributed by atoms with E-state index in [1.54, 1.807) is 0 Å². The van der Waals surface area contributed by atoms with E-state index in [4.69, 9.17) is 54.2 Å². The van der Waals surface area contributed by atoms with Crippen molar-refractivity contribution in [3.8, 4) is 39.9 Å². The Balaban J connectivity index is 1.19. The number of aromatic nitrogens is 4. The van der Waals surface area contributed by atoms with E-state index in [0.717, 1.165) is 44.4 Å². The van der Waals surface area contributed by atoms with Gasteiger partial charge in [-0.05, 0) is 59.5 Å². The van der Waals surface area contributed by atoms with Gasteiger partial charge in [-0.15, -0.1) is 16.4 Å². The maximum Gasteiger partial charge on any atom is 0.238 e.